The lowest BCUT2D eigenvalue weighted by atomic mass is 9.78. The first kappa shape index (κ1) is 20.3. The third-order valence-electron chi connectivity index (χ3n) is 4.46. The molecule has 1 aromatic carbocycles. The second-order valence-corrected chi connectivity index (χ2v) is 8.15. The van der Waals surface area contributed by atoms with E-state index in [2.05, 4.69) is 4.72 Å². The summed E-state index contributed by atoms with van der Waals surface area (Å²) in [6.07, 6.45) is 1.88. The highest BCUT2D eigenvalue weighted by Crippen LogP contribution is 2.31. The summed E-state index contributed by atoms with van der Waals surface area (Å²) in [7, 11) is -4.03. The highest BCUT2D eigenvalue weighted by molar-refractivity contribution is 7.89. The summed E-state index contributed by atoms with van der Waals surface area (Å²) in [6, 6.07) is 4.82. The summed E-state index contributed by atoms with van der Waals surface area (Å²) in [5, 5.41) is 11.1. The average Bonchev–Trinajstić information content (AvgIpc) is 2.57. The molecule has 1 aliphatic carbocycles. The van der Waals surface area contributed by atoms with E-state index in [1.165, 1.54) is 18.2 Å². The average molecular weight is 385 g/mol. The Morgan fingerprint density at radius 3 is 2.58 bits per heavy atom. The predicted octanol–water partition coefficient (Wildman–Crippen LogP) is 1.47. The van der Waals surface area contributed by atoms with Gasteiger partial charge < -0.3 is 10.5 Å². The van der Waals surface area contributed by atoms with Crippen molar-refractivity contribution in [2.45, 2.75) is 55.5 Å². The standard InChI is InChI=1S/C16H23N3O6S/c1-2-25-15(20)11-16(17)9-7-12(8-10-16)18-26(23,24)14-6-4-3-5-13(14)19(21)22/h3-6,12,18H,2,7-11,17H2,1H3. The number of nitrogens with two attached hydrogens (primary N) is 1. The van der Waals surface area contributed by atoms with E-state index >= 15 is 0 Å². The number of para-hydroxylation sites is 1. The Bertz CT molecular complexity index is 772. The van der Waals surface area contributed by atoms with Crippen LogP contribution < -0.4 is 10.5 Å². The Morgan fingerprint density at radius 1 is 1.38 bits per heavy atom. The number of carbonyl (C=O) groups excluding carboxylic acids is 1. The van der Waals surface area contributed by atoms with E-state index in [0.717, 1.165) is 6.07 Å². The molecular weight excluding hydrogens is 362 g/mol. The number of esters is 1. The SMILES string of the molecule is CCOC(=O)CC1(N)CCC(NS(=O)(=O)c2ccccc2[N+](=O)[O-])CC1. The van der Waals surface area contributed by atoms with Crippen LogP contribution in [0.1, 0.15) is 39.0 Å². The van der Waals surface area contributed by atoms with Crippen LogP contribution in [0.5, 0.6) is 0 Å². The second kappa shape index (κ2) is 8.11. The minimum Gasteiger partial charge on any atom is -0.466 e. The van der Waals surface area contributed by atoms with Crippen LogP contribution in [0.2, 0.25) is 0 Å². The molecule has 26 heavy (non-hydrogen) atoms. The number of benzene rings is 1. The van der Waals surface area contributed by atoms with E-state index in [9.17, 15) is 23.3 Å². The van der Waals surface area contributed by atoms with Gasteiger partial charge in [0, 0.05) is 17.6 Å². The molecule has 0 spiro atoms. The fraction of sp³-hybridized carbons (Fsp3) is 0.562. The molecule has 1 aromatic rings. The van der Waals surface area contributed by atoms with Gasteiger partial charge in [-0.15, -0.1) is 0 Å². The topological polar surface area (TPSA) is 142 Å². The van der Waals surface area contributed by atoms with Gasteiger partial charge in [0.25, 0.3) is 5.69 Å². The summed E-state index contributed by atoms with van der Waals surface area (Å²) < 4.78 is 32.5. The molecule has 1 fully saturated rings. The third kappa shape index (κ3) is 4.99. The first-order chi connectivity index (χ1) is 12.2. The molecule has 1 saturated carbocycles. The van der Waals surface area contributed by atoms with Crippen molar-refractivity contribution in [3.63, 3.8) is 0 Å². The van der Waals surface area contributed by atoms with Crippen LogP contribution in [0.4, 0.5) is 5.69 Å². The smallest absolute Gasteiger partial charge is 0.307 e. The van der Waals surface area contributed by atoms with Gasteiger partial charge in [-0.1, -0.05) is 12.1 Å². The van der Waals surface area contributed by atoms with Crippen LogP contribution >= 0.6 is 0 Å². The summed E-state index contributed by atoms with van der Waals surface area (Å²) >= 11 is 0. The Hall–Kier alpha value is -2.04. The number of nitro groups is 1. The maximum absolute atomic E-state index is 12.5. The van der Waals surface area contributed by atoms with Gasteiger partial charge in [0.1, 0.15) is 0 Å². The Morgan fingerprint density at radius 2 is 2.00 bits per heavy atom. The van der Waals surface area contributed by atoms with Gasteiger partial charge in [-0.2, -0.15) is 0 Å². The second-order valence-electron chi connectivity index (χ2n) is 6.46. The largest absolute Gasteiger partial charge is 0.466 e. The molecule has 0 aromatic heterocycles. The minimum absolute atomic E-state index is 0.0878. The Balaban J connectivity index is 2.03. The molecule has 0 unspecified atom stereocenters. The van der Waals surface area contributed by atoms with Crippen molar-refractivity contribution in [1.29, 1.82) is 0 Å². The molecule has 1 aliphatic rings. The van der Waals surface area contributed by atoms with Crippen LogP contribution in [0.3, 0.4) is 0 Å². The molecule has 10 heteroatoms. The Labute approximate surface area is 152 Å². The molecule has 9 nitrogen and oxygen atoms in total. The first-order valence-corrected chi connectivity index (χ1v) is 9.85. The van der Waals surface area contributed by atoms with Gasteiger partial charge in [0.05, 0.1) is 18.0 Å². The zero-order valence-corrected chi connectivity index (χ0v) is 15.3. The van der Waals surface area contributed by atoms with E-state index in [4.69, 9.17) is 10.5 Å². The molecule has 0 amide bonds. The molecule has 0 radical (unpaired) electrons. The summed E-state index contributed by atoms with van der Waals surface area (Å²) in [5.41, 5.74) is 5.04. The van der Waals surface area contributed by atoms with Crippen molar-refractivity contribution in [2.24, 2.45) is 5.73 Å². The molecule has 0 bridgehead atoms. The molecule has 0 aliphatic heterocycles. The van der Waals surface area contributed by atoms with Crippen molar-refractivity contribution >= 4 is 21.7 Å². The quantitative estimate of drug-likeness (QED) is 0.411. The molecule has 0 saturated heterocycles. The lowest BCUT2D eigenvalue weighted by Crippen LogP contribution is -2.49. The van der Waals surface area contributed by atoms with Gasteiger partial charge in [-0.25, -0.2) is 13.1 Å². The van der Waals surface area contributed by atoms with Crippen molar-refractivity contribution in [1.82, 2.24) is 4.72 Å². The molecule has 144 valence electrons. The number of hydrogen-bond acceptors (Lipinski definition) is 7. The number of nitro benzene ring substituents is 1. The molecular formula is C16H23N3O6S. The van der Waals surface area contributed by atoms with Crippen LogP contribution in [-0.4, -0.2) is 37.5 Å². The van der Waals surface area contributed by atoms with Crippen molar-refractivity contribution in [3.8, 4) is 0 Å². The van der Waals surface area contributed by atoms with E-state index < -0.39 is 32.2 Å². The van der Waals surface area contributed by atoms with Gasteiger partial charge in [0.2, 0.25) is 10.0 Å². The Kier molecular flexibility index (Phi) is 6.32. The number of rotatable bonds is 7. The van der Waals surface area contributed by atoms with Gasteiger partial charge in [-0.05, 0) is 38.7 Å². The fourth-order valence-corrected chi connectivity index (χ4v) is 4.58. The number of ether oxygens (including phenoxy) is 1. The maximum Gasteiger partial charge on any atom is 0.307 e. The number of nitrogens with zero attached hydrogens (tertiary/aromatic N) is 1. The molecule has 0 atom stereocenters. The van der Waals surface area contributed by atoms with Gasteiger partial charge in [-0.3, -0.25) is 14.9 Å². The van der Waals surface area contributed by atoms with E-state index in [0.29, 0.717) is 25.7 Å². The van der Waals surface area contributed by atoms with E-state index in [1.54, 1.807) is 6.92 Å². The highest BCUT2D eigenvalue weighted by atomic mass is 32.2. The van der Waals surface area contributed by atoms with Crippen molar-refractivity contribution < 1.29 is 22.9 Å². The van der Waals surface area contributed by atoms with Crippen LogP contribution in [0.25, 0.3) is 0 Å². The monoisotopic (exact) mass is 385 g/mol. The van der Waals surface area contributed by atoms with Crippen LogP contribution in [0.15, 0.2) is 29.2 Å². The summed E-state index contributed by atoms with van der Waals surface area (Å²) in [5.74, 6) is -0.367. The number of carbonyl (C=O) groups is 1. The molecule has 3 N–H and O–H groups in total. The zero-order chi connectivity index (χ0) is 19.4. The van der Waals surface area contributed by atoms with E-state index in [-0.39, 0.29) is 23.9 Å². The third-order valence-corrected chi connectivity index (χ3v) is 6.02. The van der Waals surface area contributed by atoms with Crippen LogP contribution in [-0.2, 0) is 19.6 Å². The van der Waals surface area contributed by atoms with E-state index in [1.807, 2.05) is 0 Å². The highest BCUT2D eigenvalue weighted by Gasteiger charge is 2.36. The molecule has 0 heterocycles. The summed E-state index contributed by atoms with van der Waals surface area (Å²) in [4.78, 5) is 21.6. The lowest BCUT2D eigenvalue weighted by Gasteiger charge is -2.36. The zero-order valence-electron chi connectivity index (χ0n) is 14.5. The number of sulfonamides is 1. The van der Waals surface area contributed by atoms with Crippen molar-refractivity contribution in [2.75, 3.05) is 6.61 Å². The predicted molar refractivity (Wildman–Crippen MR) is 93.8 cm³/mol. The number of nitrogens with one attached hydrogen (secondary N) is 1. The van der Waals surface area contributed by atoms with Crippen molar-refractivity contribution in [3.05, 3.63) is 34.4 Å². The van der Waals surface area contributed by atoms with Crippen LogP contribution in [0, 0.1) is 10.1 Å². The maximum atomic E-state index is 12.5. The lowest BCUT2D eigenvalue weighted by molar-refractivity contribution is -0.387. The van der Waals surface area contributed by atoms with Gasteiger partial charge in [0.15, 0.2) is 4.90 Å². The number of hydrogen-bond donors (Lipinski definition) is 2. The molecule has 2 rings (SSSR count). The normalized spacial score (nSPS) is 23.4. The first-order valence-electron chi connectivity index (χ1n) is 8.37. The van der Waals surface area contributed by atoms with Gasteiger partial charge >= 0.3 is 5.97 Å². The fourth-order valence-electron chi connectivity index (χ4n) is 3.10. The summed E-state index contributed by atoms with van der Waals surface area (Å²) in [6.45, 7) is 2.00. The minimum atomic E-state index is -4.03.